The molecule has 8 nitrogen and oxygen atoms in total. The molecule has 2 aliphatic heterocycles. The molecular formula is C23H38N6O2. The van der Waals surface area contributed by atoms with Crippen molar-refractivity contribution in [1.82, 2.24) is 20.1 Å². The summed E-state index contributed by atoms with van der Waals surface area (Å²) in [6, 6.07) is 3.65. The Morgan fingerprint density at radius 1 is 1.16 bits per heavy atom. The van der Waals surface area contributed by atoms with E-state index in [9.17, 15) is 9.59 Å². The first-order chi connectivity index (χ1) is 14.7. The van der Waals surface area contributed by atoms with Crippen LogP contribution in [0.4, 0.5) is 16.3 Å². The summed E-state index contributed by atoms with van der Waals surface area (Å²) in [4.78, 5) is 36.1. The molecule has 2 fully saturated rings. The fraction of sp³-hybridized carbons (Fsp3) is 0.696. The third-order valence-electron chi connectivity index (χ3n) is 6.07. The number of anilines is 2. The number of carbonyl (C=O) groups is 2. The van der Waals surface area contributed by atoms with Gasteiger partial charge in [0, 0.05) is 51.4 Å². The number of urea groups is 1. The second kappa shape index (κ2) is 10.3. The summed E-state index contributed by atoms with van der Waals surface area (Å²) in [6.45, 7) is 9.03. The fourth-order valence-corrected chi connectivity index (χ4v) is 4.60. The van der Waals surface area contributed by atoms with Gasteiger partial charge in [0.05, 0.1) is 5.69 Å². The van der Waals surface area contributed by atoms with E-state index < -0.39 is 0 Å². The van der Waals surface area contributed by atoms with Crippen molar-refractivity contribution in [3.63, 3.8) is 0 Å². The Hall–Kier alpha value is -2.35. The zero-order chi connectivity index (χ0) is 22.4. The number of carbonyl (C=O) groups excluding carboxylic acids is 2. The van der Waals surface area contributed by atoms with E-state index >= 15 is 0 Å². The second-order valence-electron chi connectivity index (χ2n) is 9.88. The average Bonchev–Trinajstić information content (AvgIpc) is 3.26. The monoisotopic (exact) mass is 430 g/mol. The minimum absolute atomic E-state index is 0.0243. The van der Waals surface area contributed by atoms with Crippen LogP contribution in [-0.2, 0) is 4.79 Å². The van der Waals surface area contributed by atoms with Crippen molar-refractivity contribution in [3.05, 3.63) is 18.3 Å². The van der Waals surface area contributed by atoms with Crippen molar-refractivity contribution >= 4 is 23.4 Å². The zero-order valence-electron chi connectivity index (χ0n) is 19.5. The smallest absolute Gasteiger partial charge is 0.321 e. The van der Waals surface area contributed by atoms with Crippen LogP contribution in [0, 0.1) is 11.3 Å². The van der Waals surface area contributed by atoms with E-state index in [1.54, 1.807) is 11.1 Å². The molecule has 0 aliphatic carbocycles. The lowest BCUT2D eigenvalue weighted by Crippen LogP contribution is -2.46. The highest BCUT2D eigenvalue weighted by molar-refractivity contribution is 5.92. The van der Waals surface area contributed by atoms with Gasteiger partial charge < -0.3 is 25.3 Å². The van der Waals surface area contributed by atoms with Crippen molar-refractivity contribution in [1.29, 1.82) is 0 Å². The molecule has 0 radical (unpaired) electrons. The van der Waals surface area contributed by atoms with E-state index in [4.69, 9.17) is 0 Å². The lowest BCUT2D eigenvalue weighted by atomic mass is 9.91. The van der Waals surface area contributed by atoms with Gasteiger partial charge in [-0.2, -0.15) is 0 Å². The highest BCUT2D eigenvalue weighted by atomic mass is 16.2. The van der Waals surface area contributed by atoms with Crippen LogP contribution in [0.15, 0.2) is 18.3 Å². The Bertz CT molecular complexity index is 752. The van der Waals surface area contributed by atoms with Gasteiger partial charge >= 0.3 is 6.03 Å². The molecule has 0 spiro atoms. The van der Waals surface area contributed by atoms with Crippen LogP contribution in [0.2, 0.25) is 0 Å². The molecule has 2 saturated heterocycles. The van der Waals surface area contributed by atoms with Gasteiger partial charge in [-0.25, -0.2) is 9.78 Å². The van der Waals surface area contributed by atoms with E-state index in [1.807, 2.05) is 26.2 Å². The number of aromatic nitrogens is 1. The van der Waals surface area contributed by atoms with Crippen molar-refractivity contribution in [3.8, 4) is 0 Å². The Labute approximate surface area is 186 Å². The van der Waals surface area contributed by atoms with Crippen LogP contribution in [0.3, 0.4) is 0 Å². The average molecular weight is 431 g/mol. The number of nitrogens with one attached hydrogen (secondary N) is 2. The number of hydrogen-bond acceptors (Lipinski definition) is 5. The van der Waals surface area contributed by atoms with E-state index in [0.717, 1.165) is 44.0 Å². The molecule has 3 rings (SSSR count). The molecule has 0 aromatic carbocycles. The topological polar surface area (TPSA) is 80.8 Å². The van der Waals surface area contributed by atoms with E-state index in [-0.39, 0.29) is 23.3 Å². The Balaban J connectivity index is 1.47. The molecule has 0 unspecified atom stereocenters. The molecule has 0 atom stereocenters. The molecule has 172 valence electrons. The van der Waals surface area contributed by atoms with E-state index in [2.05, 4.69) is 39.3 Å². The molecule has 31 heavy (non-hydrogen) atoms. The zero-order valence-corrected chi connectivity index (χ0v) is 19.5. The Morgan fingerprint density at radius 3 is 2.48 bits per heavy atom. The summed E-state index contributed by atoms with van der Waals surface area (Å²) < 4.78 is 0. The number of hydrogen-bond donors (Lipinski definition) is 2. The summed E-state index contributed by atoms with van der Waals surface area (Å²) in [7, 11) is 4.09. The van der Waals surface area contributed by atoms with Crippen LogP contribution >= 0.6 is 0 Å². The minimum atomic E-state index is -0.112. The van der Waals surface area contributed by atoms with Crippen molar-refractivity contribution in [2.75, 3.05) is 63.6 Å². The maximum absolute atomic E-state index is 12.8. The molecule has 2 aliphatic rings. The summed E-state index contributed by atoms with van der Waals surface area (Å²) in [5.41, 5.74) is 0.786. The van der Waals surface area contributed by atoms with Gasteiger partial charge in [-0.3, -0.25) is 4.79 Å². The lowest BCUT2D eigenvalue weighted by molar-refractivity contribution is -0.126. The normalized spacial score (nSPS) is 17.8. The highest BCUT2D eigenvalue weighted by Gasteiger charge is 2.29. The molecule has 2 N–H and O–H groups in total. The fourth-order valence-electron chi connectivity index (χ4n) is 4.60. The van der Waals surface area contributed by atoms with Crippen molar-refractivity contribution < 1.29 is 9.59 Å². The second-order valence-corrected chi connectivity index (χ2v) is 9.88. The maximum Gasteiger partial charge on any atom is 0.321 e. The van der Waals surface area contributed by atoms with Gasteiger partial charge in [0.15, 0.2) is 5.82 Å². The number of likely N-dealkylation sites (tertiary alicyclic amines) is 1. The van der Waals surface area contributed by atoms with Gasteiger partial charge in [-0.1, -0.05) is 13.8 Å². The van der Waals surface area contributed by atoms with Crippen molar-refractivity contribution in [2.24, 2.45) is 11.3 Å². The number of amides is 3. The predicted molar refractivity (Wildman–Crippen MR) is 124 cm³/mol. The van der Waals surface area contributed by atoms with Gasteiger partial charge in [0.25, 0.3) is 0 Å². The summed E-state index contributed by atoms with van der Waals surface area (Å²) in [5, 5.41) is 6.16. The quantitative estimate of drug-likeness (QED) is 0.695. The van der Waals surface area contributed by atoms with Gasteiger partial charge in [0.2, 0.25) is 5.91 Å². The van der Waals surface area contributed by atoms with Gasteiger partial charge in [-0.05, 0) is 57.3 Å². The predicted octanol–water partition coefficient (Wildman–Crippen LogP) is 2.63. The van der Waals surface area contributed by atoms with Crippen LogP contribution < -0.4 is 15.5 Å². The number of piperidine rings is 1. The summed E-state index contributed by atoms with van der Waals surface area (Å²) in [6.07, 6.45) is 5.48. The Morgan fingerprint density at radius 2 is 1.84 bits per heavy atom. The van der Waals surface area contributed by atoms with E-state index in [1.165, 1.54) is 0 Å². The maximum atomic E-state index is 12.8. The van der Waals surface area contributed by atoms with Crippen molar-refractivity contribution in [2.45, 2.75) is 39.5 Å². The summed E-state index contributed by atoms with van der Waals surface area (Å²) in [5.74, 6) is 0.927. The first-order valence-electron chi connectivity index (χ1n) is 11.4. The first kappa shape index (κ1) is 23.3. The molecular weight excluding hydrogens is 392 g/mol. The van der Waals surface area contributed by atoms with E-state index in [0.29, 0.717) is 32.5 Å². The number of pyridine rings is 1. The first-order valence-corrected chi connectivity index (χ1v) is 11.4. The molecule has 3 heterocycles. The molecule has 3 amide bonds. The standard InChI is InChI=1S/C23H38N6O2/c1-23(2,17-27(3)4)16-25-21(30)18-9-14-29(15-10-18)22(31)26-19-8-7-11-24-20(19)28-12-5-6-13-28/h7-8,11,18H,5-6,9-10,12-17H2,1-4H3,(H,25,30)(H,26,31). The molecule has 0 bridgehead atoms. The van der Waals surface area contributed by atoms with Crippen LogP contribution in [0.25, 0.3) is 0 Å². The number of nitrogens with zero attached hydrogens (tertiary/aromatic N) is 4. The molecule has 1 aromatic heterocycles. The van der Waals surface area contributed by atoms with Gasteiger partial charge in [0.1, 0.15) is 0 Å². The lowest BCUT2D eigenvalue weighted by Gasteiger charge is -2.33. The minimum Gasteiger partial charge on any atom is -0.355 e. The summed E-state index contributed by atoms with van der Waals surface area (Å²) >= 11 is 0. The van der Waals surface area contributed by atoms with Gasteiger partial charge in [-0.15, -0.1) is 0 Å². The number of rotatable bonds is 7. The van der Waals surface area contributed by atoms with Crippen LogP contribution in [0.1, 0.15) is 39.5 Å². The van der Waals surface area contributed by atoms with Crippen LogP contribution in [-0.4, -0.2) is 80.1 Å². The third kappa shape index (κ3) is 6.56. The SMILES string of the molecule is CN(C)CC(C)(C)CNC(=O)C1CCN(C(=O)Nc2cccnc2N2CCCC2)CC1. The molecule has 0 saturated carbocycles. The highest BCUT2D eigenvalue weighted by Crippen LogP contribution is 2.27. The Kier molecular flexibility index (Phi) is 7.75. The largest absolute Gasteiger partial charge is 0.355 e. The third-order valence-corrected chi connectivity index (χ3v) is 6.07. The molecule has 1 aromatic rings. The van der Waals surface area contributed by atoms with Crippen LogP contribution in [0.5, 0.6) is 0 Å². The molecule has 8 heteroatoms.